The fraction of sp³-hybridized carbons (Fsp3) is 0.381. The van der Waals surface area contributed by atoms with Gasteiger partial charge in [-0.05, 0) is 38.0 Å². The van der Waals surface area contributed by atoms with Gasteiger partial charge < -0.3 is 9.88 Å². The molecule has 5 heterocycles. The van der Waals surface area contributed by atoms with E-state index < -0.39 is 0 Å². The number of nitrogens with one attached hydrogen (secondary N) is 1. The number of carbonyl (C=O) groups is 1. The van der Waals surface area contributed by atoms with Crippen molar-refractivity contribution in [3.63, 3.8) is 0 Å². The third kappa shape index (κ3) is 3.78. The normalized spacial score (nSPS) is 16.3. The van der Waals surface area contributed by atoms with Crippen LogP contribution in [0.4, 0.5) is 0 Å². The molecular formula is C21H23N7O2S. The molecule has 4 aromatic rings. The van der Waals surface area contributed by atoms with E-state index in [4.69, 9.17) is 0 Å². The first-order valence-corrected chi connectivity index (χ1v) is 11.2. The zero-order chi connectivity index (χ0) is 21.5. The van der Waals surface area contributed by atoms with E-state index in [0.29, 0.717) is 31.6 Å². The molecule has 31 heavy (non-hydrogen) atoms. The van der Waals surface area contributed by atoms with Gasteiger partial charge >= 0.3 is 5.69 Å². The molecule has 9 nitrogen and oxygen atoms in total. The number of thiazole rings is 1. The van der Waals surface area contributed by atoms with Gasteiger partial charge in [0.25, 0.3) is 5.91 Å². The van der Waals surface area contributed by atoms with Crippen LogP contribution in [0.5, 0.6) is 0 Å². The van der Waals surface area contributed by atoms with Gasteiger partial charge in [-0.25, -0.2) is 19.4 Å². The first-order valence-electron chi connectivity index (χ1n) is 10.3. The van der Waals surface area contributed by atoms with Gasteiger partial charge in [0.15, 0.2) is 0 Å². The zero-order valence-corrected chi connectivity index (χ0v) is 18.2. The van der Waals surface area contributed by atoms with Crippen molar-refractivity contribution in [3.8, 4) is 0 Å². The molecule has 1 amide bonds. The Kier molecular flexibility index (Phi) is 4.93. The Morgan fingerprint density at radius 2 is 2.13 bits per heavy atom. The molecule has 0 saturated heterocycles. The SMILES string of the molecule is Cc1nc(Cn2nc3n(c2=O)CCC(NC(=O)c2ccc4ccn(C)c4n2)CC3)cs1. The van der Waals surface area contributed by atoms with Crippen LogP contribution in [0.1, 0.15) is 39.9 Å². The van der Waals surface area contributed by atoms with E-state index in [1.807, 2.05) is 42.2 Å². The van der Waals surface area contributed by atoms with Crippen LogP contribution in [0.15, 0.2) is 34.6 Å². The van der Waals surface area contributed by atoms with Crippen molar-refractivity contribution in [3.05, 3.63) is 62.5 Å². The summed E-state index contributed by atoms with van der Waals surface area (Å²) in [5, 5.41) is 11.5. The monoisotopic (exact) mass is 437 g/mol. The number of hydrogen-bond donors (Lipinski definition) is 1. The summed E-state index contributed by atoms with van der Waals surface area (Å²) in [4.78, 5) is 34.5. The van der Waals surface area contributed by atoms with Crippen LogP contribution in [0.25, 0.3) is 11.0 Å². The molecule has 0 bridgehead atoms. The minimum absolute atomic E-state index is 0.0332. The molecule has 1 atom stereocenters. The summed E-state index contributed by atoms with van der Waals surface area (Å²) < 4.78 is 5.11. The van der Waals surface area contributed by atoms with E-state index in [-0.39, 0.29) is 17.6 Å². The van der Waals surface area contributed by atoms with Crippen LogP contribution < -0.4 is 11.0 Å². The molecule has 10 heteroatoms. The number of rotatable bonds is 4. The summed E-state index contributed by atoms with van der Waals surface area (Å²) in [6.07, 6.45) is 3.96. The number of aryl methyl sites for hydroxylation is 3. The molecule has 0 aromatic carbocycles. The Bertz CT molecular complexity index is 1330. The number of fused-ring (bicyclic) bond motifs is 2. The molecule has 0 aliphatic carbocycles. The van der Waals surface area contributed by atoms with Crippen molar-refractivity contribution >= 4 is 28.3 Å². The van der Waals surface area contributed by atoms with Crippen LogP contribution in [-0.2, 0) is 26.6 Å². The van der Waals surface area contributed by atoms with Gasteiger partial charge in [0.1, 0.15) is 17.2 Å². The van der Waals surface area contributed by atoms with Crippen molar-refractivity contribution in [2.75, 3.05) is 0 Å². The summed E-state index contributed by atoms with van der Waals surface area (Å²) in [6.45, 7) is 2.86. The molecule has 1 aliphatic heterocycles. The van der Waals surface area contributed by atoms with Gasteiger partial charge in [0.05, 0.1) is 17.2 Å². The van der Waals surface area contributed by atoms with Gasteiger partial charge in [0.2, 0.25) is 0 Å². The van der Waals surface area contributed by atoms with Crippen LogP contribution in [0.3, 0.4) is 0 Å². The maximum absolute atomic E-state index is 12.8. The number of hydrogen-bond acceptors (Lipinski definition) is 6. The highest BCUT2D eigenvalue weighted by Gasteiger charge is 2.23. The highest BCUT2D eigenvalue weighted by molar-refractivity contribution is 7.09. The maximum Gasteiger partial charge on any atom is 0.346 e. The molecule has 0 saturated carbocycles. The standard InChI is InChI=1S/C21H23N7O2S/c1-13-22-16(12-31-13)11-28-21(30)27-10-8-15(4-6-18(27)25-28)23-20(29)17-5-3-14-7-9-26(2)19(14)24-17/h3,5,7,9,12,15H,4,6,8,10-11H2,1-2H3,(H,23,29). The maximum atomic E-state index is 12.8. The molecule has 1 aliphatic rings. The number of aromatic nitrogens is 6. The largest absolute Gasteiger partial charge is 0.348 e. The quantitative estimate of drug-likeness (QED) is 0.526. The molecule has 1 N–H and O–H groups in total. The fourth-order valence-corrected chi connectivity index (χ4v) is 4.63. The smallest absolute Gasteiger partial charge is 0.346 e. The average molecular weight is 438 g/mol. The van der Waals surface area contributed by atoms with Crippen molar-refractivity contribution < 1.29 is 4.79 Å². The Labute approximate surface area is 182 Å². The number of carbonyl (C=O) groups excluding carboxylic acids is 1. The lowest BCUT2D eigenvalue weighted by atomic mass is 10.1. The summed E-state index contributed by atoms with van der Waals surface area (Å²) >= 11 is 1.57. The van der Waals surface area contributed by atoms with Gasteiger partial charge in [-0.15, -0.1) is 11.3 Å². The van der Waals surface area contributed by atoms with Crippen LogP contribution in [0.2, 0.25) is 0 Å². The van der Waals surface area contributed by atoms with Gasteiger partial charge in [-0.3, -0.25) is 9.36 Å². The highest BCUT2D eigenvalue weighted by atomic mass is 32.1. The number of amides is 1. The van der Waals surface area contributed by atoms with Gasteiger partial charge in [-0.1, -0.05) is 0 Å². The first kappa shape index (κ1) is 19.7. The second kappa shape index (κ2) is 7.77. The molecule has 0 radical (unpaired) electrons. The Balaban J connectivity index is 1.27. The van der Waals surface area contributed by atoms with Crippen LogP contribution in [-0.4, -0.2) is 40.8 Å². The molecule has 0 fully saturated rings. The third-order valence-corrected chi connectivity index (χ3v) is 6.50. The minimum Gasteiger partial charge on any atom is -0.348 e. The summed E-state index contributed by atoms with van der Waals surface area (Å²) in [6, 6.07) is 5.60. The van der Waals surface area contributed by atoms with Crippen molar-refractivity contribution in [1.29, 1.82) is 0 Å². The predicted octanol–water partition coefficient (Wildman–Crippen LogP) is 1.88. The van der Waals surface area contributed by atoms with E-state index >= 15 is 0 Å². The predicted molar refractivity (Wildman–Crippen MR) is 117 cm³/mol. The molecule has 0 spiro atoms. The Hall–Kier alpha value is -3.27. The van der Waals surface area contributed by atoms with E-state index in [0.717, 1.165) is 34.0 Å². The first-order chi connectivity index (χ1) is 15.0. The molecule has 160 valence electrons. The Morgan fingerprint density at radius 1 is 1.26 bits per heavy atom. The molecule has 1 unspecified atom stereocenters. The molecule has 5 rings (SSSR count). The van der Waals surface area contributed by atoms with Crippen molar-refractivity contribution in [1.82, 2.24) is 34.2 Å². The average Bonchev–Trinajstić information content (AvgIpc) is 3.38. The highest BCUT2D eigenvalue weighted by Crippen LogP contribution is 2.16. The molecular weight excluding hydrogens is 414 g/mol. The minimum atomic E-state index is -0.191. The zero-order valence-electron chi connectivity index (χ0n) is 17.4. The van der Waals surface area contributed by atoms with Crippen molar-refractivity contribution in [2.24, 2.45) is 7.05 Å². The lowest BCUT2D eigenvalue weighted by Gasteiger charge is -2.15. The van der Waals surface area contributed by atoms with E-state index in [2.05, 4.69) is 20.4 Å². The second-order valence-corrected chi connectivity index (χ2v) is 8.96. The van der Waals surface area contributed by atoms with E-state index in [1.165, 1.54) is 4.68 Å². The lowest BCUT2D eigenvalue weighted by molar-refractivity contribution is 0.0928. The van der Waals surface area contributed by atoms with Crippen LogP contribution in [0, 0.1) is 6.92 Å². The Morgan fingerprint density at radius 3 is 2.94 bits per heavy atom. The van der Waals surface area contributed by atoms with Crippen LogP contribution >= 0.6 is 11.3 Å². The summed E-state index contributed by atoms with van der Waals surface area (Å²) in [7, 11) is 1.91. The number of pyridine rings is 1. The van der Waals surface area contributed by atoms with E-state index in [9.17, 15) is 9.59 Å². The summed E-state index contributed by atoms with van der Waals surface area (Å²) in [5.74, 6) is 0.570. The van der Waals surface area contributed by atoms with Gasteiger partial charge in [0, 0.05) is 43.0 Å². The van der Waals surface area contributed by atoms with Gasteiger partial charge in [-0.2, -0.15) is 5.10 Å². The third-order valence-electron chi connectivity index (χ3n) is 5.68. The summed E-state index contributed by atoms with van der Waals surface area (Å²) in [5.41, 5.74) is 1.91. The number of nitrogens with zero attached hydrogens (tertiary/aromatic N) is 6. The second-order valence-electron chi connectivity index (χ2n) is 7.90. The fourth-order valence-electron chi connectivity index (χ4n) is 4.03. The molecule has 4 aromatic heterocycles. The van der Waals surface area contributed by atoms with E-state index in [1.54, 1.807) is 22.0 Å². The lowest BCUT2D eigenvalue weighted by Crippen LogP contribution is -2.36. The van der Waals surface area contributed by atoms with Crippen molar-refractivity contribution in [2.45, 2.75) is 45.3 Å². The topological polar surface area (TPSA) is 99.6 Å².